The average molecular weight is 210 g/mol. The molecule has 0 aromatic carbocycles. The van der Waals surface area contributed by atoms with Crippen LogP contribution in [0, 0.1) is 29.6 Å². The summed E-state index contributed by atoms with van der Waals surface area (Å²) in [5.41, 5.74) is 0. The third-order valence-electron chi connectivity index (χ3n) is 4.68. The van der Waals surface area contributed by atoms with Crippen LogP contribution in [0.2, 0.25) is 0 Å². The minimum atomic E-state index is 0.0316. The van der Waals surface area contributed by atoms with E-state index >= 15 is 0 Å². The lowest BCUT2D eigenvalue weighted by atomic mass is 9.74. The number of ether oxygens (including phenoxy) is 2. The SMILES string of the molecule is CCO[C@@H]1C(C)C2CC1C1C(=O)OCC21. The van der Waals surface area contributed by atoms with Gasteiger partial charge in [-0.1, -0.05) is 6.92 Å². The van der Waals surface area contributed by atoms with Crippen molar-refractivity contribution in [3.8, 4) is 0 Å². The number of hydrogen-bond donors (Lipinski definition) is 0. The zero-order chi connectivity index (χ0) is 10.6. The minimum Gasteiger partial charge on any atom is -0.465 e. The molecule has 0 aromatic heterocycles. The number of rotatable bonds is 2. The van der Waals surface area contributed by atoms with Crippen LogP contribution in [0.5, 0.6) is 0 Å². The highest BCUT2D eigenvalue weighted by molar-refractivity contribution is 5.76. The molecule has 3 nitrogen and oxygen atoms in total. The van der Waals surface area contributed by atoms with Crippen molar-refractivity contribution in [2.75, 3.05) is 13.2 Å². The number of carbonyl (C=O) groups excluding carboxylic acids is 1. The van der Waals surface area contributed by atoms with Gasteiger partial charge in [0.2, 0.25) is 0 Å². The van der Waals surface area contributed by atoms with E-state index in [0.29, 0.717) is 36.4 Å². The molecule has 3 aliphatic rings. The van der Waals surface area contributed by atoms with Crippen LogP contribution >= 0.6 is 0 Å². The first kappa shape index (κ1) is 9.64. The predicted molar refractivity (Wildman–Crippen MR) is 54.1 cm³/mol. The second-order valence-corrected chi connectivity index (χ2v) is 5.16. The van der Waals surface area contributed by atoms with E-state index in [-0.39, 0.29) is 11.9 Å². The molecule has 84 valence electrons. The van der Waals surface area contributed by atoms with Crippen LogP contribution in [0.4, 0.5) is 0 Å². The van der Waals surface area contributed by atoms with Gasteiger partial charge in [-0.15, -0.1) is 0 Å². The molecule has 1 saturated heterocycles. The number of esters is 1. The van der Waals surface area contributed by atoms with E-state index < -0.39 is 0 Å². The highest BCUT2D eigenvalue weighted by Gasteiger charge is 2.62. The van der Waals surface area contributed by atoms with Crippen molar-refractivity contribution >= 4 is 5.97 Å². The lowest BCUT2D eigenvalue weighted by molar-refractivity contribution is -0.144. The second-order valence-electron chi connectivity index (χ2n) is 5.16. The molecule has 2 saturated carbocycles. The van der Waals surface area contributed by atoms with E-state index in [9.17, 15) is 4.79 Å². The predicted octanol–water partition coefficient (Wildman–Crippen LogP) is 1.47. The molecule has 3 heteroatoms. The monoisotopic (exact) mass is 210 g/mol. The third-order valence-corrected chi connectivity index (χ3v) is 4.68. The topological polar surface area (TPSA) is 35.5 Å². The summed E-state index contributed by atoms with van der Waals surface area (Å²) in [6.45, 7) is 5.71. The van der Waals surface area contributed by atoms with Gasteiger partial charge in [0.25, 0.3) is 0 Å². The number of hydrogen-bond acceptors (Lipinski definition) is 3. The van der Waals surface area contributed by atoms with Crippen molar-refractivity contribution in [3.63, 3.8) is 0 Å². The molecule has 0 radical (unpaired) electrons. The smallest absolute Gasteiger partial charge is 0.309 e. The van der Waals surface area contributed by atoms with Crippen LogP contribution in [0.25, 0.3) is 0 Å². The number of carbonyl (C=O) groups is 1. The van der Waals surface area contributed by atoms with Gasteiger partial charge in [0.15, 0.2) is 0 Å². The van der Waals surface area contributed by atoms with Crippen LogP contribution in [0.15, 0.2) is 0 Å². The van der Waals surface area contributed by atoms with Crippen molar-refractivity contribution in [2.24, 2.45) is 29.6 Å². The van der Waals surface area contributed by atoms with Gasteiger partial charge in [0, 0.05) is 12.5 Å². The quantitative estimate of drug-likeness (QED) is 0.647. The zero-order valence-corrected chi connectivity index (χ0v) is 9.31. The molecule has 0 aromatic rings. The molecule has 6 atom stereocenters. The molecule has 0 N–H and O–H groups in total. The van der Waals surface area contributed by atoms with Crippen molar-refractivity contribution < 1.29 is 14.3 Å². The summed E-state index contributed by atoms with van der Waals surface area (Å²) >= 11 is 0. The highest BCUT2D eigenvalue weighted by atomic mass is 16.5. The maximum atomic E-state index is 11.6. The molecule has 5 unspecified atom stereocenters. The summed E-state index contributed by atoms with van der Waals surface area (Å²) in [6.07, 6.45) is 1.47. The Hall–Kier alpha value is -0.570. The fourth-order valence-corrected chi connectivity index (χ4v) is 4.12. The molecule has 3 fully saturated rings. The van der Waals surface area contributed by atoms with E-state index in [1.165, 1.54) is 6.42 Å². The summed E-state index contributed by atoms with van der Waals surface area (Å²) < 4.78 is 11.0. The van der Waals surface area contributed by atoms with E-state index in [2.05, 4.69) is 6.92 Å². The van der Waals surface area contributed by atoms with Crippen molar-refractivity contribution in [3.05, 3.63) is 0 Å². The molecule has 0 amide bonds. The molecule has 1 heterocycles. The van der Waals surface area contributed by atoms with Crippen molar-refractivity contribution in [1.29, 1.82) is 0 Å². The zero-order valence-electron chi connectivity index (χ0n) is 9.31. The number of cyclic esters (lactones) is 1. The second kappa shape index (κ2) is 3.21. The molecule has 1 aliphatic heterocycles. The Morgan fingerprint density at radius 3 is 2.93 bits per heavy atom. The van der Waals surface area contributed by atoms with Gasteiger partial charge in [-0.25, -0.2) is 0 Å². The largest absolute Gasteiger partial charge is 0.465 e. The van der Waals surface area contributed by atoms with E-state index in [0.717, 1.165) is 6.61 Å². The van der Waals surface area contributed by atoms with Gasteiger partial charge in [-0.05, 0) is 31.1 Å². The Kier molecular flexibility index (Phi) is 2.06. The van der Waals surface area contributed by atoms with E-state index in [4.69, 9.17) is 9.47 Å². The summed E-state index contributed by atoms with van der Waals surface area (Å²) in [7, 11) is 0. The summed E-state index contributed by atoms with van der Waals surface area (Å²) in [6, 6.07) is 0. The molecule has 3 rings (SSSR count). The third kappa shape index (κ3) is 1.13. The lowest BCUT2D eigenvalue weighted by Gasteiger charge is -2.33. The van der Waals surface area contributed by atoms with E-state index in [1.807, 2.05) is 6.92 Å². The lowest BCUT2D eigenvalue weighted by Crippen LogP contribution is -2.39. The van der Waals surface area contributed by atoms with Crippen LogP contribution in [-0.2, 0) is 14.3 Å². The standard InChI is InChI=1S/C12H18O3/c1-3-14-11-6(2)7-4-8(11)10-9(7)5-15-12(10)13/h6-11H,3-5H2,1-2H3/t6?,7?,8?,9?,10?,11-/m1/s1. The van der Waals surface area contributed by atoms with Gasteiger partial charge >= 0.3 is 5.97 Å². The average Bonchev–Trinajstić information content (AvgIpc) is 2.82. The highest BCUT2D eigenvalue weighted by Crippen LogP contribution is 2.58. The van der Waals surface area contributed by atoms with Crippen molar-refractivity contribution in [2.45, 2.75) is 26.4 Å². The Morgan fingerprint density at radius 1 is 1.40 bits per heavy atom. The molecular weight excluding hydrogens is 192 g/mol. The molecule has 15 heavy (non-hydrogen) atoms. The van der Waals surface area contributed by atoms with Crippen molar-refractivity contribution in [1.82, 2.24) is 0 Å². The van der Waals surface area contributed by atoms with Gasteiger partial charge in [-0.2, -0.15) is 0 Å². The fourth-order valence-electron chi connectivity index (χ4n) is 4.12. The van der Waals surface area contributed by atoms with Gasteiger partial charge in [0.05, 0.1) is 18.6 Å². The van der Waals surface area contributed by atoms with Crippen LogP contribution in [0.3, 0.4) is 0 Å². The normalized spacial score (nSPS) is 52.0. The molecule has 2 aliphatic carbocycles. The first-order valence-electron chi connectivity index (χ1n) is 6.02. The van der Waals surface area contributed by atoms with Gasteiger partial charge in [-0.3, -0.25) is 4.79 Å². The first-order chi connectivity index (χ1) is 7.24. The van der Waals surface area contributed by atoms with Gasteiger partial charge < -0.3 is 9.47 Å². The maximum absolute atomic E-state index is 11.6. The Balaban J connectivity index is 1.85. The summed E-state index contributed by atoms with van der Waals surface area (Å²) in [4.78, 5) is 11.6. The fraction of sp³-hybridized carbons (Fsp3) is 0.917. The van der Waals surface area contributed by atoms with Crippen LogP contribution < -0.4 is 0 Å². The Labute approximate surface area is 90.1 Å². The molecule has 2 bridgehead atoms. The maximum Gasteiger partial charge on any atom is 0.309 e. The Morgan fingerprint density at radius 2 is 2.20 bits per heavy atom. The number of fused-ring (bicyclic) bond motifs is 5. The first-order valence-corrected chi connectivity index (χ1v) is 6.02. The Bertz CT molecular complexity index is 289. The molecular formula is C12H18O3. The van der Waals surface area contributed by atoms with E-state index in [1.54, 1.807) is 0 Å². The molecule has 0 spiro atoms. The minimum absolute atomic E-state index is 0.0316. The summed E-state index contributed by atoms with van der Waals surface area (Å²) in [5.74, 6) is 2.37. The van der Waals surface area contributed by atoms with Crippen LogP contribution in [-0.4, -0.2) is 25.3 Å². The summed E-state index contributed by atoms with van der Waals surface area (Å²) in [5, 5.41) is 0. The van der Waals surface area contributed by atoms with Crippen LogP contribution in [0.1, 0.15) is 20.3 Å². The van der Waals surface area contributed by atoms with Gasteiger partial charge in [0.1, 0.15) is 0 Å².